The molecule has 1 aromatic rings. The number of hydrogen-bond donors (Lipinski definition) is 2. The van der Waals surface area contributed by atoms with E-state index in [2.05, 4.69) is 16.5 Å². The van der Waals surface area contributed by atoms with Crippen LogP contribution in [0.5, 0.6) is 0 Å². The number of hydrogen-bond acceptors (Lipinski definition) is 3. The first-order chi connectivity index (χ1) is 10.1. The molecule has 0 spiro atoms. The molecule has 2 rings (SSSR count). The van der Waals surface area contributed by atoms with Gasteiger partial charge in [-0.3, -0.25) is 0 Å². The van der Waals surface area contributed by atoms with E-state index < -0.39 is 5.97 Å². The van der Waals surface area contributed by atoms with Gasteiger partial charge in [0.2, 0.25) is 0 Å². The van der Waals surface area contributed by atoms with E-state index >= 15 is 0 Å². The molecule has 1 saturated carbocycles. The third-order valence-corrected chi connectivity index (χ3v) is 4.27. The third kappa shape index (κ3) is 4.43. The van der Waals surface area contributed by atoms with Crippen LogP contribution in [-0.4, -0.2) is 27.2 Å². The van der Waals surface area contributed by atoms with Crippen LogP contribution in [0.15, 0.2) is 24.2 Å². The summed E-state index contributed by atoms with van der Waals surface area (Å²) >= 11 is 0. The van der Waals surface area contributed by atoms with Gasteiger partial charge in [0.15, 0.2) is 0 Å². The molecule has 0 aliphatic heterocycles. The SMILES string of the molecule is CC1CCC(n2cnc(C/C(=C/CCN)C(=O)O)c2)CC1. The lowest BCUT2D eigenvalue weighted by Crippen LogP contribution is -2.15. The summed E-state index contributed by atoms with van der Waals surface area (Å²) in [4.78, 5) is 15.6. The fourth-order valence-corrected chi connectivity index (χ4v) is 2.90. The van der Waals surface area contributed by atoms with Crippen molar-refractivity contribution in [3.63, 3.8) is 0 Å². The first-order valence-electron chi connectivity index (χ1n) is 7.75. The maximum absolute atomic E-state index is 11.2. The molecule has 1 aliphatic rings. The molecular formula is C16H25N3O2. The van der Waals surface area contributed by atoms with Gasteiger partial charge in [0.25, 0.3) is 0 Å². The van der Waals surface area contributed by atoms with Crippen LogP contribution in [-0.2, 0) is 11.2 Å². The molecule has 0 aromatic carbocycles. The summed E-state index contributed by atoms with van der Waals surface area (Å²) < 4.78 is 2.16. The van der Waals surface area contributed by atoms with Gasteiger partial charge in [-0.2, -0.15) is 0 Å². The Kier molecular flexibility index (Phi) is 5.56. The van der Waals surface area contributed by atoms with E-state index in [-0.39, 0.29) is 0 Å². The number of imidazole rings is 1. The highest BCUT2D eigenvalue weighted by atomic mass is 16.4. The molecule has 1 fully saturated rings. The van der Waals surface area contributed by atoms with Gasteiger partial charge in [-0.05, 0) is 44.6 Å². The van der Waals surface area contributed by atoms with E-state index in [1.54, 1.807) is 6.08 Å². The summed E-state index contributed by atoms with van der Waals surface area (Å²) in [5, 5.41) is 9.20. The Morgan fingerprint density at radius 1 is 1.48 bits per heavy atom. The molecule has 1 aliphatic carbocycles. The largest absolute Gasteiger partial charge is 0.478 e. The Hall–Kier alpha value is -1.62. The molecule has 0 radical (unpaired) electrons. The molecular weight excluding hydrogens is 266 g/mol. The summed E-state index contributed by atoms with van der Waals surface area (Å²) in [6, 6.07) is 0.517. The second-order valence-corrected chi connectivity index (χ2v) is 6.01. The predicted octanol–water partition coefficient (Wildman–Crippen LogP) is 2.54. The quantitative estimate of drug-likeness (QED) is 0.789. The monoisotopic (exact) mass is 291 g/mol. The zero-order valence-corrected chi connectivity index (χ0v) is 12.7. The maximum atomic E-state index is 11.2. The molecule has 0 amide bonds. The molecule has 21 heavy (non-hydrogen) atoms. The van der Waals surface area contributed by atoms with Crippen molar-refractivity contribution < 1.29 is 9.90 Å². The van der Waals surface area contributed by atoms with Crippen molar-refractivity contribution in [2.45, 2.75) is 51.5 Å². The molecule has 3 N–H and O–H groups in total. The summed E-state index contributed by atoms with van der Waals surface area (Å²) in [7, 11) is 0. The first-order valence-corrected chi connectivity index (χ1v) is 7.75. The average molecular weight is 291 g/mol. The van der Waals surface area contributed by atoms with Gasteiger partial charge in [0.05, 0.1) is 12.0 Å². The van der Waals surface area contributed by atoms with Gasteiger partial charge in [-0.15, -0.1) is 0 Å². The molecule has 0 saturated heterocycles. The second kappa shape index (κ2) is 7.41. The van der Waals surface area contributed by atoms with Gasteiger partial charge >= 0.3 is 5.97 Å². The number of rotatable bonds is 6. The minimum Gasteiger partial charge on any atom is -0.478 e. The Morgan fingerprint density at radius 3 is 2.81 bits per heavy atom. The number of carboxylic acids is 1. The maximum Gasteiger partial charge on any atom is 0.331 e. The number of nitrogens with two attached hydrogens (primary N) is 1. The zero-order chi connectivity index (χ0) is 15.2. The Balaban J connectivity index is 2.00. The Morgan fingerprint density at radius 2 is 2.19 bits per heavy atom. The normalized spacial score (nSPS) is 23.2. The Labute approximate surface area is 125 Å². The van der Waals surface area contributed by atoms with Crippen molar-refractivity contribution in [2.75, 3.05) is 6.54 Å². The van der Waals surface area contributed by atoms with Gasteiger partial charge < -0.3 is 15.4 Å². The van der Waals surface area contributed by atoms with Crippen LogP contribution in [0.25, 0.3) is 0 Å². The molecule has 1 aromatic heterocycles. The molecule has 1 heterocycles. The summed E-state index contributed by atoms with van der Waals surface area (Å²) in [6.45, 7) is 2.77. The predicted molar refractivity (Wildman–Crippen MR) is 82.0 cm³/mol. The third-order valence-electron chi connectivity index (χ3n) is 4.27. The summed E-state index contributed by atoms with van der Waals surface area (Å²) in [5.74, 6) is -0.0634. The van der Waals surface area contributed by atoms with Gasteiger partial charge in [-0.1, -0.05) is 13.0 Å². The molecule has 0 atom stereocenters. The highest BCUT2D eigenvalue weighted by Gasteiger charge is 2.20. The molecule has 116 valence electrons. The van der Waals surface area contributed by atoms with Crippen molar-refractivity contribution in [3.8, 4) is 0 Å². The average Bonchev–Trinajstić information content (AvgIpc) is 2.92. The van der Waals surface area contributed by atoms with Crippen molar-refractivity contribution in [1.82, 2.24) is 9.55 Å². The van der Waals surface area contributed by atoms with E-state index in [0.717, 1.165) is 11.6 Å². The van der Waals surface area contributed by atoms with Crippen LogP contribution in [0, 0.1) is 5.92 Å². The number of nitrogens with zero attached hydrogens (tertiary/aromatic N) is 2. The molecule has 5 heteroatoms. The van der Waals surface area contributed by atoms with Crippen molar-refractivity contribution in [3.05, 3.63) is 29.9 Å². The molecule has 0 bridgehead atoms. The van der Waals surface area contributed by atoms with Crippen LogP contribution >= 0.6 is 0 Å². The van der Waals surface area contributed by atoms with Crippen LogP contribution in [0.1, 0.15) is 50.8 Å². The Bertz CT molecular complexity index is 499. The minimum absolute atomic E-state index is 0.367. The standard InChI is InChI=1S/C16H25N3O2/c1-12-4-6-15(7-5-12)19-10-14(18-11-19)9-13(16(20)21)3-2-8-17/h3,10-12,15H,2,4-9,17H2,1H3,(H,20,21)/b13-3-. The smallest absolute Gasteiger partial charge is 0.331 e. The number of aliphatic carboxylic acids is 1. The van der Waals surface area contributed by atoms with Crippen LogP contribution < -0.4 is 5.73 Å². The van der Waals surface area contributed by atoms with E-state index in [9.17, 15) is 9.90 Å². The van der Waals surface area contributed by atoms with Crippen LogP contribution in [0.4, 0.5) is 0 Å². The molecule has 5 nitrogen and oxygen atoms in total. The first kappa shape index (κ1) is 15.8. The fraction of sp³-hybridized carbons (Fsp3) is 0.625. The number of carbonyl (C=O) groups is 1. The summed E-state index contributed by atoms with van der Waals surface area (Å²) in [6.07, 6.45) is 11.4. The number of carboxylic acid groups (broad SMARTS) is 1. The minimum atomic E-state index is -0.885. The lowest BCUT2D eigenvalue weighted by Gasteiger charge is -2.26. The van der Waals surface area contributed by atoms with E-state index in [4.69, 9.17) is 5.73 Å². The summed E-state index contributed by atoms with van der Waals surface area (Å²) in [5.41, 5.74) is 6.62. The van der Waals surface area contributed by atoms with Gasteiger partial charge in [-0.25, -0.2) is 9.78 Å². The van der Waals surface area contributed by atoms with E-state index in [0.29, 0.717) is 31.0 Å². The van der Waals surface area contributed by atoms with Crippen LogP contribution in [0.2, 0.25) is 0 Å². The van der Waals surface area contributed by atoms with E-state index in [1.165, 1.54) is 25.7 Å². The lowest BCUT2D eigenvalue weighted by atomic mass is 9.87. The lowest BCUT2D eigenvalue weighted by molar-refractivity contribution is -0.132. The highest BCUT2D eigenvalue weighted by molar-refractivity contribution is 5.86. The highest BCUT2D eigenvalue weighted by Crippen LogP contribution is 2.31. The topological polar surface area (TPSA) is 81.1 Å². The molecule has 0 unspecified atom stereocenters. The second-order valence-electron chi connectivity index (χ2n) is 6.01. The van der Waals surface area contributed by atoms with Crippen LogP contribution in [0.3, 0.4) is 0 Å². The zero-order valence-electron chi connectivity index (χ0n) is 12.7. The van der Waals surface area contributed by atoms with E-state index in [1.807, 2.05) is 12.5 Å². The van der Waals surface area contributed by atoms with Gasteiger partial charge in [0.1, 0.15) is 0 Å². The fourth-order valence-electron chi connectivity index (χ4n) is 2.90. The number of aromatic nitrogens is 2. The van der Waals surface area contributed by atoms with Gasteiger partial charge in [0, 0.05) is 24.2 Å². The van der Waals surface area contributed by atoms with Crippen molar-refractivity contribution in [1.29, 1.82) is 0 Å². The van der Waals surface area contributed by atoms with Crippen molar-refractivity contribution in [2.24, 2.45) is 11.7 Å². The van der Waals surface area contributed by atoms with Crippen molar-refractivity contribution >= 4 is 5.97 Å².